The van der Waals surface area contributed by atoms with E-state index in [9.17, 15) is 4.79 Å². The number of benzene rings is 2. The molecule has 1 fully saturated rings. The Labute approximate surface area is 191 Å². The summed E-state index contributed by atoms with van der Waals surface area (Å²) in [5, 5.41) is 3.78. The Balaban J connectivity index is 1.56. The molecule has 0 bridgehead atoms. The van der Waals surface area contributed by atoms with Crippen LogP contribution in [0.15, 0.2) is 48.5 Å². The average Bonchev–Trinajstić information content (AvgIpc) is 2.74. The van der Waals surface area contributed by atoms with Gasteiger partial charge in [-0.2, -0.15) is 0 Å². The molecule has 1 amide bonds. The van der Waals surface area contributed by atoms with Gasteiger partial charge in [0.05, 0.1) is 6.04 Å². The molecule has 0 saturated carbocycles. The minimum absolute atomic E-state index is 0.00490. The molecule has 3 rings (SSSR count). The molecule has 0 unspecified atom stereocenters. The molecule has 2 aromatic carbocycles. The first-order valence-corrected chi connectivity index (χ1v) is 11.3. The van der Waals surface area contributed by atoms with Crippen LogP contribution in [0.4, 0.5) is 0 Å². The molecule has 0 aliphatic carbocycles. The average molecular weight is 444 g/mol. The van der Waals surface area contributed by atoms with Gasteiger partial charge in [0.1, 0.15) is 5.75 Å². The summed E-state index contributed by atoms with van der Waals surface area (Å²) < 4.78 is 5.70. The minimum Gasteiger partial charge on any atom is -0.484 e. The highest BCUT2D eigenvalue weighted by atomic mass is 35.5. The third kappa shape index (κ3) is 6.96. The monoisotopic (exact) mass is 443 g/mol. The van der Waals surface area contributed by atoms with E-state index in [1.807, 2.05) is 36.4 Å². The number of halogens is 1. The Bertz CT molecular complexity index is 839. The molecule has 31 heavy (non-hydrogen) atoms. The van der Waals surface area contributed by atoms with E-state index in [4.69, 9.17) is 16.3 Å². The largest absolute Gasteiger partial charge is 0.484 e. The van der Waals surface area contributed by atoms with Crippen molar-refractivity contribution >= 4 is 17.5 Å². The molecule has 2 aromatic rings. The van der Waals surface area contributed by atoms with Gasteiger partial charge in [0.15, 0.2) is 6.61 Å². The van der Waals surface area contributed by atoms with E-state index in [1.54, 1.807) is 0 Å². The predicted octanol–water partition coefficient (Wildman–Crippen LogP) is 4.12. The number of carbonyl (C=O) groups is 1. The standard InChI is InChI=1S/C25H34ClN3O2/c1-25(2,3)20-7-11-22(12-8-20)31-18-24(30)27-17-23(19-5-9-21(26)10-6-19)29-15-13-28(4)14-16-29/h5-12,23H,13-18H2,1-4H3,(H,27,30)/t23-/m0/s1. The molecule has 1 aliphatic rings. The highest BCUT2D eigenvalue weighted by molar-refractivity contribution is 6.30. The van der Waals surface area contributed by atoms with Gasteiger partial charge in [0.2, 0.25) is 0 Å². The fourth-order valence-electron chi connectivity index (χ4n) is 3.74. The number of likely N-dealkylation sites (N-methyl/N-ethyl adjacent to an activating group) is 1. The first-order valence-electron chi connectivity index (χ1n) is 10.9. The van der Waals surface area contributed by atoms with Crippen LogP contribution in [-0.2, 0) is 10.2 Å². The Kier molecular flexibility index (Phi) is 7.98. The van der Waals surface area contributed by atoms with E-state index in [-0.39, 0.29) is 24.0 Å². The maximum Gasteiger partial charge on any atom is 0.258 e. The number of amides is 1. The van der Waals surface area contributed by atoms with E-state index in [0.717, 1.165) is 36.8 Å². The lowest BCUT2D eigenvalue weighted by molar-refractivity contribution is -0.123. The van der Waals surface area contributed by atoms with Crippen molar-refractivity contribution < 1.29 is 9.53 Å². The lowest BCUT2D eigenvalue weighted by Crippen LogP contribution is -2.48. The van der Waals surface area contributed by atoms with Crippen LogP contribution in [0.2, 0.25) is 5.02 Å². The van der Waals surface area contributed by atoms with Gasteiger partial charge in [-0.25, -0.2) is 0 Å². The topological polar surface area (TPSA) is 44.8 Å². The van der Waals surface area contributed by atoms with Crippen LogP contribution < -0.4 is 10.1 Å². The smallest absolute Gasteiger partial charge is 0.258 e. The van der Waals surface area contributed by atoms with Crippen LogP contribution in [0.5, 0.6) is 5.75 Å². The van der Waals surface area contributed by atoms with Crippen molar-refractivity contribution in [2.75, 3.05) is 46.4 Å². The summed E-state index contributed by atoms with van der Waals surface area (Å²) in [5.74, 6) is 0.587. The van der Waals surface area contributed by atoms with Gasteiger partial charge in [-0.1, -0.05) is 56.6 Å². The molecule has 6 heteroatoms. The molecular weight excluding hydrogens is 410 g/mol. The molecule has 0 radical (unpaired) electrons. The SMILES string of the molecule is CN1CCN([C@@H](CNC(=O)COc2ccc(C(C)(C)C)cc2)c2ccc(Cl)cc2)CC1. The van der Waals surface area contributed by atoms with Crippen molar-refractivity contribution in [1.29, 1.82) is 0 Å². The quantitative estimate of drug-likeness (QED) is 0.699. The van der Waals surface area contributed by atoms with Crippen LogP contribution in [0.3, 0.4) is 0 Å². The van der Waals surface area contributed by atoms with E-state index in [2.05, 4.69) is 55.1 Å². The number of hydrogen-bond acceptors (Lipinski definition) is 4. The lowest BCUT2D eigenvalue weighted by atomic mass is 9.87. The lowest BCUT2D eigenvalue weighted by Gasteiger charge is -2.38. The second-order valence-corrected chi connectivity index (χ2v) is 9.71. The van der Waals surface area contributed by atoms with Crippen LogP contribution in [0.25, 0.3) is 0 Å². The fourth-order valence-corrected chi connectivity index (χ4v) is 3.86. The van der Waals surface area contributed by atoms with E-state index in [1.165, 1.54) is 5.56 Å². The molecular formula is C25H34ClN3O2. The Morgan fingerprint density at radius 1 is 1.03 bits per heavy atom. The fraction of sp³-hybridized carbons (Fsp3) is 0.480. The molecule has 1 heterocycles. The summed E-state index contributed by atoms with van der Waals surface area (Å²) in [4.78, 5) is 17.2. The maximum absolute atomic E-state index is 12.5. The Morgan fingerprint density at radius 3 is 2.23 bits per heavy atom. The highest BCUT2D eigenvalue weighted by Crippen LogP contribution is 2.25. The van der Waals surface area contributed by atoms with Crippen molar-refractivity contribution in [3.63, 3.8) is 0 Å². The van der Waals surface area contributed by atoms with Gasteiger partial charge in [0, 0.05) is 37.7 Å². The van der Waals surface area contributed by atoms with Crippen LogP contribution in [0, 0.1) is 0 Å². The summed E-state index contributed by atoms with van der Waals surface area (Å²) in [6, 6.07) is 16.0. The zero-order valence-electron chi connectivity index (χ0n) is 19.0. The van der Waals surface area contributed by atoms with Crippen molar-refractivity contribution in [3.05, 3.63) is 64.7 Å². The van der Waals surface area contributed by atoms with E-state index >= 15 is 0 Å². The maximum atomic E-state index is 12.5. The van der Waals surface area contributed by atoms with Crippen molar-refractivity contribution in [1.82, 2.24) is 15.1 Å². The summed E-state index contributed by atoms with van der Waals surface area (Å²) in [6.07, 6.45) is 0. The van der Waals surface area contributed by atoms with Crippen LogP contribution >= 0.6 is 11.6 Å². The minimum atomic E-state index is -0.118. The van der Waals surface area contributed by atoms with Gasteiger partial charge in [0.25, 0.3) is 5.91 Å². The Hall–Kier alpha value is -2.08. The molecule has 1 atom stereocenters. The third-order valence-corrected chi connectivity index (χ3v) is 6.07. The van der Waals surface area contributed by atoms with Crippen LogP contribution in [0.1, 0.15) is 37.9 Å². The van der Waals surface area contributed by atoms with Gasteiger partial charge in [-0.05, 0) is 47.9 Å². The van der Waals surface area contributed by atoms with Gasteiger partial charge >= 0.3 is 0 Å². The number of nitrogens with one attached hydrogen (secondary N) is 1. The number of ether oxygens (including phenoxy) is 1. The normalized spacial score (nSPS) is 16.7. The number of hydrogen-bond donors (Lipinski definition) is 1. The molecule has 0 spiro atoms. The van der Waals surface area contributed by atoms with Gasteiger partial charge in [-0.3, -0.25) is 9.69 Å². The molecule has 5 nitrogen and oxygen atoms in total. The number of nitrogens with zero attached hydrogens (tertiary/aromatic N) is 2. The van der Waals surface area contributed by atoms with Crippen molar-refractivity contribution in [2.45, 2.75) is 32.2 Å². The molecule has 1 aliphatic heterocycles. The van der Waals surface area contributed by atoms with Gasteiger partial charge in [-0.15, -0.1) is 0 Å². The molecule has 1 N–H and O–H groups in total. The second kappa shape index (κ2) is 10.5. The van der Waals surface area contributed by atoms with Crippen molar-refractivity contribution in [2.24, 2.45) is 0 Å². The first-order chi connectivity index (χ1) is 14.7. The van der Waals surface area contributed by atoms with Gasteiger partial charge < -0.3 is 15.0 Å². The summed E-state index contributed by atoms with van der Waals surface area (Å²) in [5.41, 5.74) is 2.49. The number of carbonyl (C=O) groups excluding carboxylic acids is 1. The Morgan fingerprint density at radius 2 is 1.65 bits per heavy atom. The van der Waals surface area contributed by atoms with E-state index in [0.29, 0.717) is 12.3 Å². The third-order valence-electron chi connectivity index (χ3n) is 5.82. The molecule has 1 saturated heterocycles. The number of rotatable bonds is 7. The predicted molar refractivity (Wildman–Crippen MR) is 127 cm³/mol. The zero-order chi connectivity index (χ0) is 22.4. The summed E-state index contributed by atoms with van der Waals surface area (Å²) in [7, 11) is 2.14. The molecule has 168 valence electrons. The number of piperazine rings is 1. The van der Waals surface area contributed by atoms with E-state index < -0.39 is 0 Å². The van der Waals surface area contributed by atoms with Crippen molar-refractivity contribution in [3.8, 4) is 5.75 Å². The zero-order valence-corrected chi connectivity index (χ0v) is 19.8. The second-order valence-electron chi connectivity index (χ2n) is 9.27. The first kappa shape index (κ1) is 23.6. The van der Waals surface area contributed by atoms with Crippen LogP contribution in [-0.4, -0.2) is 62.1 Å². The highest BCUT2D eigenvalue weighted by Gasteiger charge is 2.24. The summed E-state index contributed by atoms with van der Waals surface area (Å²) in [6.45, 7) is 11.0. The molecule has 0 aromatic heterocycles. The summed E-state index contributed by atoms with van der Waals surface area (Å²) >= 11 is 6.08.